The molecule has 0 aromatic heterocycles. The molecule has 0 bridgehead atoms. The highest BCUT2D eigenvalue weighted by atomic mass is 19.1. The Labute approximate surface area is 263 Å². The summed E-state index contributed by atoms with van der Waals surface area (Å²) in [6.07, 6.45) is 11.1. The molecule has 0 amide bonds. The van der Waals surface area contributed by atoms with Crippen molar-refractivity contribution in [3.63, 3.8) is 0 Å². The number of carbonyl (C=O) groups is 1. The minimum atomic E-state index is -0.909. The van der Waals surface area contributed by atoms with E-state index < -0.39 is 12.0 Å². The van der Waals surface area contributed by atoms with E-state index in [4.69, 9.17) is 9.47 Å². The van der Waals surface area contributed by atoms with Crippen LogP contribution >= 0.6 is 0 Å². The molecule has 6 nitrogen and oxygen atoms in total. The normalized spacial score (nSPS) is 15.5. The third-order valence-corrected chi connectivity index (χ3v) is 7.66. The first-order valence-electron chi connectivity index (χ1n) is 15.6. The minimum Gasteiger partial charge on any atom is -0.485 e. The summed E-state index contributed by atoms with van der Waals surface area (Å²) in [5.41, 5.74) is 3.68. The van der Waals surface area contributed by atoms with Crippen LogP contribution < -0.4 is 10.6 Å². The summed E-state index contributed by atoms with van der Waals surface area (Å²) >= 11 is 0. The summed E-state index contributed by atoms with van der Waals surface area (Å²) in [4.78, 5) is 12.4. The van der Waals surface area contributed by atoms with E-state index in [1.807, 2.05) is 95.3 Å². The zero-order valence-electron chi connectivity index (χ0n) is 27.4. The zero-order valence-corrected chi connectivity index (χ0v) is 27.4. The summed E-state index contributed by atoms with van der Waals surface area (Å²) in [5, 5.41) is 16.9. The van der Waals surface area contributed by atoms with Crippen LogP contribution in [0, 0.1) is 24.6 Å². The molecule has 0 aliphatic rings. The van der Waals surface area contributed by atoms with Crippen LogP contribution in [0.1, 0.15) is 65.5 Å². The van der Waals surface area contributed by atoms with Gasteiger partial charge in [0.2, 0.25) is 0 Å². The SMILES string of the molecule is C/C=C\C(=C/C)COC(=C/C(C)CNC(CC(Nc1ccc(F)cc1C)C(C)CC)C(=O)O)/C(=C\C)OCc1ccccc1. The molecule has 0 aliphatic carbocycles. The lowest BCUT2D eigenvalue weighted by Gasteiger charge is -2.29. The maximum absolute atomic E-state index is 13.7. The van der Waals surface area contributed by atoms with Gasteiger partial charge in [-0.05, 0) is 93.0 Å². The predicted octanol–water partition coefficient (Wildman–Crippen LogP) is 8.57. The highest BCUT2D eigenvalue weighted by Crippen LogP contribution is 2.24. The molecule has 2 rings (SSSR count). The highest BCUT2D eigenvalue weighted by molar-refractivity contribution is 5.73. The number of halogens is 1. The second kappa shape index (κ2) is 19.4. The molecule has 0 saturated heterocycles. The largest absolute Gasteiger partial charge is 0.485 e. The molecule has 0 aliphatic heterocycles. The fraction of sp³-hybridized carbons (Fsp3) is 0.432. The number of anilines is 1. The molecule has 7 heteroatoms. The summed E-state index contributed by atoms with van der Waals surface area (Å²) in [6, 6.07) is 13.7. The molecular weight excluding hydrogens is 555 g/mol. The van der Waals surface area contributed by atoms with E-state index in [-0.39, 0.29) is 23.7 Å². The molecule has 4 unspecified atom stereocenters. The summed E-state index contributed by atoms with van der Waals surface area (Å²) < 4.78 is 26.1. The van der Waals surface area contributed by atoms with Gasteiger partial charge in [-0.15, -0.1) is 0 Å². The Morgan fingerprint density at radius 2 is 1.75 bits per heavy atom. The number of carboxylic acids is 1. The zero-order chi connectivity index (χ0) is 32.5. The van der Waals surface area contributed by atoms with Crippen LogP contribution in [0.2, 0.25) is 0 Å². The lowest BCUT2D eigenvalue weighted by atomic mass is 9.92. The van der Waals surface area contributed by atoms with Crippen molar-refractivity contribution in [1.82, 2.24) is 5.32 Å². The van der Waals surface area contributed by atoms with Gasteiger partial charge in [-0.1, -0.05) is 75.8 Å². The van der Waals surface area contributed by atoms with Crippen LogP contribution in [0.25, 0.3) is 0 Å². The Morgan fingerprint density at radius 3 is 2.34 bits per heavy atom. The first-order valence-corrected chi connectivity index (χ1v) is 15.6. The van der Waals surface area contributed by atoms with Crippen molar-refractivity contribution in [2.24, 2.45) is 11.8 Å². The molecule has 4 atom stereocenters. The summed E-state index contributed by atoms with van der Waals surface area (Å²) in [6.45, 7) is 15.1. The van der Waals surface area contributed by atoms with Gasteiger partial charge in [0.05, 0.1) is 0 Å². The van der Waals surface area contributed by atoms with Crippen LogP contribution in [-0.4, -0.2) is 36.3 Å². The number of ether oxygens (including phenoxy) is 2. The standard InChI is InChI=1S/C37H51FN2O4/c1-8-15-29(10-3)24-44-36(35(11-4)43-25-30-16-13-12-14-17-30)20-26(5)23-39-34(37(41)42)22-33(27(6)9-2)40-32-19-18-31(38)21-28(32)7/h8,10-21,26-27,33-34,39-40H,9,22-25H2,1-7H3,(H,41,42)/b15-8-,29-10+,35-11+,36-20+. The molecule has 2 aromatic rings. The van der Waals surface area contributed by atoms with Gasteiger partial charge in [-0.2, -0.15) is 0 Å². The molecule has 0 spiro atoms. The van der Waals surface area contributed by atoms with E-state index >= 15 is 0 Å². The fourth-order valence-electron chi connectivity index (χ4n) is 4.71. The molecule has 44 heavy (non-hydrogen) atoms. The predicted molar refractivity (Wildman–Crippen MR) is 179 cm³/mol. The van der Waals surface area contributed by atoms with Crippen LogP contribution in [-0.2, 0) is 20.9 Å². The average Bonchev–Trinajstić information content (AvgIpc) is 3.01. The molecule has 0 heterocycles. The van der Waals surface area contributed by atoms with Crippen LogP contribution in [0.4, 0.5) is 10.1 Å². The second-order valence-corrected chi connectivity index (χ2v) is 11.2. The molecule has 240 valence electrons. The summed E-state index contributed by atoms with van der Waals surface area (Å²) in [7, 11) is 0. The number of hydrogen-bond donors (Lipinski definition) is 3. The first-order chi connectivity index (χ1) is 21.1. The molecule has 0 saturated carbocycles. The fourth-order valence-corrected chi connectivity index (χ4v) is 4.71. The Kier molecular flexibility index (Phi) is 16.1. The lowest BCUT2D eigenvalue weighted by Crippen LogP contribution is -2.44. The highest BCUT2D eigenvalue weighted by Gasteiger charge is 2.26. The van der Waals surface area contributed by atoms with Crippen molar-refractivity contribution in [3.05, 3.63) is 113 Å². The van der Waals surface area contributed by atoms with Gasteiger partial charge in [0, 0.05) is 18.3 Å². The third-order valence-electron chi connectivity index (χ3n) is 7.66. The Bertz CT molecular complexity index is 1290. The lowest BCUT2D eigenvalue weighted by molar-refractivity contribution is -0.139. The van der Waals surface area contributed by atoms with Gasteiger partial charge in [0.15, 0.2) is 11.5 Å². The van der Waals surface area contributed by atoms with E-state index in [0.717, 1.165) is 28.8 Å². The second-order valence-electron chi connectivity index (χ2n) is 11.2. The van der Waals surface area contributed by atoms with E-state index in [9.17, 15) is 14.3 Å². The number of nitrogens with one attached hydrogen (secondary N) is 2. The Morgan fingerprint density at radius 1 is 1.02 bits per heavy atom. The summed E-state index contributed by atoms with van der Waals surface area (Å²) in [5.74, 6) is 0.179. The Balaban J connectivity index is 2.20. The molecular formula is C37H51FN2O4. The Hall–Kier alpha value is -3.84. The first kappa shape index (κ1) is 36.4. The topological polar surface area (TPSA) is 79.8 Å². The van der Waals surface area contributed by atoms with Crippen molar-refractivity contribution < 1.29 is 23.8 Å². The number of hydrogen-bond acceptors (Lipinski definition) is 5. The van der Waals surface area contributed by atoms with Crippen molar-refractivity contribution in [1.29, 1.82) is 0 Å². The van der Waals surface area contributed by atoms with E-state index in [2.05, 4.69) is 24.5 Å². The van der Waals surface area contributed by atoms with Crippen molar-refractivity contribution in [3.8, 4) is 0 Å². The molecule has 0 fully saturated rings. The van der Waals surface area contributed by atoms with Crippen molar-refractivity contribution >= 4 is 11.7 Å². The van der Waals surface area contributed by atoms with Gasteiger partial charge < -0.3 is 25.2 Å². The quantitative estimate of drug-likeness (QED) is 0.110. The average molecular weight is 607 g/mol. The van der Waals surface area contributed by atoms with Gasteiger partial charge in [-0.3, -0.25) is 4.79 Å². The molecule has 3 N–H and O–H groups in total. The third kappa shape index (κ3) is 12.4. The van der Waals surface area contributed by atoms with E-state index in [1.165, 1.54) is 12.1 Å². The van der Waals surface area contributed by atoms with Crippen LogP contribution in [0.15, 0.2) is 96.0 Å². The van der Waals surface area contributed by atoms with Crippen LogP contribution in [0.3, 0.4) is 0 Å². The van der Waals surface area contributed by atoms with Crippen molar-refractivity contribution in [2.45, 2.75) is 80.0 Å². The van der Waals surface area contributed by atoms with Gasteiger partial charge >= 0.3 is 5.97 Å². The number of carboxylic acid groups (broad SMARTS) is 1. The smallest absolute Gasteiger partial charge is 0.320 e. The van der Waals surface area contributed by atoms with Crippen molar-refractivity contribution in [2.75, 3.05) is 18.5 Å². The number of aliphatic carboxylic acids is 1. The number of aryl methyl sites for hydroxylation is 1. The molecule has 2 aromatic carbocycles. The minimum absolute atomic E-state index is 0.0627. The number of allylic oxidation sites excluding steroid dienone is 3. The number of rotatable bonds is 19. The number of benzene rings is 2. The van der Waals surface area contributed by atoms with Gasteiger partial charge in [0.1, 0.15) is 25.1 Å². The van der Waals surface area contributed by atoms with E-state index in [1.54, 1.807) is 6.07 Å². The van der Waals surface area contributed by atoms with Crippen LogP contribution in [0.5, 0.6) is 0 Å². The van der Waals surface area contributed by atoms with E-state index in [0.29, 0.717) is 37.7 Å². The monoisotopic (exact) mass is 606 g/mol. The van der Waals surface area contributed by atoms with Gasteiger partial charge in [0.25, 0.3) is 0 Å². The van der Waals surface area contributed by atoms with Gasteiger partial charge in [-0.25, -0.2) is 4.39 Å². The maximum atomic E-state index is 13.7. The maximum Gasteiger partial charge on any atom is 0.320 e. The molecule has 0 radical (unpaired) electrons.